The molecule has 0 aromatic heterocycles. The molecule has 0 unspecified atom stereocenters. The first-order valence-corrected chi connectivity index (χ1v) is 7.92. The number of alkyl halides is 11. The van der Waals surface area contributed by atoms with E-state index in [1.807, 2.05) is 0 Å². The Morgan fingerprint density at radius 1 is 0.767 bits per heavy atom. The Morgan fingerprint density at radius 3 is 1.57 bits per heavy atom. The lowest BCUT2D eigenvalue weighted by Gasteiger charge is -2.51. The zero-order chi connectivity index (χ0) is 23.4. The molecule has 0 saturated heterocycles. The summed E-state index contributed by atoms with van der Waals surface area (Å²) in [5, 5.41) is 1.07. The van der Waals surface area contributed by atoms with E-state index < -0.39 is 47.7 Å². The fourth-order valence-electron chi connectivity index (χ4n) is 2.74. The molecular formula is C16H12F11NO2. The van der Waals surface area contributed by atoms with Gasteiger partial charge in [-0.15, -0.1) is 0 Å². The molecule has 1 N–H and O–H groups in total. The molecule has 1 aliphatic carbocycles. The van der Waals surface area contributed by atoms with Crippen molar-refractivity contribution < 1.29 is 57.8 Å². The third-order valence-electron chi connectivity index (χ3n) is 4.61. The molecule has 2 rings (SSSR count). The number of hydrogen-bond acceptors (Lipinski definition) is 2. The van der Waals surface area contributed by atoms with Crippen molar-refractivity contribution in [1.82, 2.24) is 5.32 Å². The summed E-state index contributed by atoms with van der Waals surface area (Å²) in [6.45, 7) is -0.948. The van der Waals surface area contributed by atoms with Crippen molar-refractivity contribution in [2.24, 2.45) is 0 Å². The monoisotopic (exact) mass is 459 g/mol. The Labute approximate surface area is 161 Å². The highest BCUT2D eigenvalue weighted by Crippen LogP contribution is 2.69. The number of methoxy groups -OCH3 is 1. The number of benzene rings is 1. The second-order valence-electron chi connectivity index (χ2n) is 6.38. The molecule has 14 heteroatoms. The van der Waals surface area contributed by atoms with Crippen molar-refractivity contribution in [2.75, 3.05) is 13.7 Å². The van der Waals surface area contributed by atoms with E-state index >= 15 is 0 Å². The lowest BCUT2D eigenvalue weighted by Crippen LogP contribution is -2.86. The summed E-state index contributed by atoms with van der Waals surface area (Å²) in [4.78, 5) is 11.7. The molecule has 1 saturated carbocycles. The summed E-state index contributed by atoms with van der Waals surface area (Å²) in [7, 11) is 1.32. The molecule has 0 aliphatic heterocycles. The minimum atomic E-state index is -7.36. The lowest BCUT2D eigenvalue weighted by atomic mass is 9.71. The van der Waals surface area contributed by atoms with E-state index in [1.165, 1.54) is 31.4 Å². The quantitative estimate of drug-likeness (QED) is 0.669. The molecule has 1 aromatic rings. The first kappa shape index (κ1) is 24.0. The largest absolute Gasteiger partial charge is 0.497 e. The van der Waals surface area contributed by atoms with Gasteiger partial charge in [0.05, 0.1) is 7.11 Å². The Hall–Kier alpha value is -2.28. The molecule has 1 aromatic carbocycles. The van der Waals surface area contributed by atoms with Crippen LogP contribution < -0.4 is 10.1 Å². The Morgan fingerprint density at radius 2 is 1.17 bits per heavy atom. The van der Waals surface area contributed by atoms with Gasteiger partial charge in [-0.1, -0.05) is 12.1 Å². The third kappa shape index (κ3) is 2.74. The molecule has 0 radical (unpaired) electrons. The van der Waals surface area contributed by atoms with Crippen molar-refractivity contribution in [3.8, 4) is 5.75 Å². The third-order valence-corrected chi connectivity index (χ3v) is 4.61. The maximum absolute atomic E-state index is 14.5. The van der Waals surface area contributed by atoms with Gasteiger partial charge in [0, 0.05) is 6.54 Å². The van der Waals surface area contributed by atoms with Crippen LogP contribution in [0.1, 0.15) is 5.56 Å². The summed E-state index contributed by atoms with van der Waals surface area (Å²) in [6.07, 6.45) is -0.369. The van der Waals surface area contributed by atoms with Gasteiger partial charge < -0.3 is 10.1 Å². The second-order valence-corrected chi connectivity index (χ2v) is 6.38. The normalized spacial score (nSPS) is 24.7. The van der Waals surface area contributed by atoms with Gasteiger partial charge in [-0.2, -0.15) is 43.9 Å². The topological polar surface area (TPSA) is 38.3 Å². The van der Waals surface area contributed by atoms with Gasteiger partial charge in [0.25, 0.3) is 5.91 Å². The molecule has 30 heavy (non-hydrogen) atoms. The fourth-order valence-corrected chi connectivity index (χ4v) is 2.74. The van der Waals surface area contributed by atoms with Crippen LogP contribution >= 0.6 is 0 Å². The van der Waals surface area contributed by atoms with E-state index in [9.17, 15) is 53.1 Å². The predicted octanol–water partition coefficient (Wildman–Crippen LogP) is 4.25. The Bertz CT molecular complexity index is 778. The van der Waals surface area contributed by atoms with E-state index in [2.05, 4.69) is 0 Å². The Kier molecular flexibility index (Phi) is 5.50. The summed E-state index contributed by atoms with van der Waals surface area (Å²) >= 11 is 0. The Balaban J connectivity index is 2.35. The van der Waals surface area contributed by atoms with Gasteiger partial charge in [0.2, 0.25) is 0 Å². The highest BCUT2D eigenvalue weighted by Gasteiger charge is 3.02. The average molecular weight is 459 g/mol. The van der Waals surface area contributed by atoms with Gasteiger partial charge in [-0.25, -0.2) is 4.39 Å². The van der Waals surface area contributed by atoms with Crippen LogP contribution in [0.2, 0.25) is 0 Å². The second kappa shape index (κ2) is 6.87. The predicted molar refractivity (Wildman–Crippen MR) is 78.3 cm³/mol. The number of nitrogens with one attached hydrogen (secondary N) is 1. The van der Waals surface area contributed by atoms with Crippen molar-refractivity contribution in [3.63, 3.8) is 0 Å². The fraction of sp³-hybridized carbons (Fsp3) is 0.562. The van der Waals surface area contributed by atoms with Gasteiger partial charge in [0.1, 0.15) is 5.75 Å². The van der Waals surface area contributed by atoms with Crippen molar-refractivity contribution >= 4 is 5.91 Å². The van der Waals surface area contributed by atoms with Crippen LogP contribution in [0.25, 0.3) is 0 Å². The van der Waals surface area contributed by atoms with Crippen LogP contribution in [0.5, 0.6) is 5.75 Å². The number of halogens is 11. The molecule has 1 fully saturated rings. The van der Waals surface area contributed by atoms with Crippen LogP contribution in [-0.4, -0.2) is 54.8 Å². The highest BCUT2D eigenvalue weighted by atomic mass is 19.4. The first-order valence-electron chi connectivity index (χ1n) is 7.92. The number of carbonyl (C=O) groups is 1. The number of hydrogen-bond donors (Lipinski definition) is 1. The molecule has 3 nitrogen and oxygen atoms in total. The van der Waals surface area contributed by atoms with Crippen LogP contribution in [0, 0.1) is 0 Å². The molecule has 0 spiro atoms. The molecule has 1 aliphatic rings. The maximum atomic E-state index is 14.5. The van der Waals surface area contributed by atoms with Gasteiger partial charge in [0.15, 0.2) is 0 Å². The molecule has 0 atom stereocenters. The van der Waals surface area contributed by atoms with Crippen molar-refractivity contribution in [1.29, 1.82) is 0 Å². The van der Waals surface area contributed by atoms with Gasteiger partial charge in [-0.05, 0) is 24.1 Å². The van der Waals surface area contributed by atoms with E-state index in [0.29, 0.717) is 5.75 Å². The first-order chi connectivity index (χ1) is 13.4. The average Bonchev–Trinajstić information content (AvgIpc) is 2.66. The lowest BCUT2D eigenvalue weighted by molar-refractivity contribution is -0.476. The minimum absolute atomic E-state index is 0.286. The van der Waals surface area contributed by atoms with E-state index in [4.69, 9.17) is 4.74 Å². The summed E-state index contributed by atoms with van der Waals surface area (Å²) in [6, 6.07) is 5.42. The number of rotatable bonds is 5. The molecule has 0 heterocycles. The minimum Gasteiger partial charge on any atom is -0.497 e. The summed E-state index contributed by atoms with van der Waals surface area (Å²) < 4.78 is 154. The highest BCUT2D eigenvalue weighted by molar-refractivity contribution is 5.88. The van der Waals surface area contributed by atoms with Gasteiger partial charge in [-0.3, -0.25) is 4.79 Å². The standard InChI is InChI=1S/C16H12F11NO2/c1-30-9-4-2-8(3-5-9)6-7-28-10(29)11(17)12(18,19)14(22,23)16(26,27)15(24,25)13(11,20)21/h2-5H,6-7H2,1H3,(H,28,29). The number of carbonyl (C=O) groups excluding carboxylic acids is 1. The summed E-state index contributed by atoms with van der Waals surface area (Å²) in [5.74, 6) is -39.3. The molecule has 0 bridgehead atoms. The number of ether oxygens (including phenoxy) is 1. The van der Waals surface area contributed by atoms with Crippen LogP contribution in [-0.2, 0) is 11.2 Å². The van der Waals surface area contributed by atoms with Crippen LogP contribution in [0.15, 0.2) is 24.3 Å². The van der Waals surface area contributed by atoms with E-state index in [-0.39, 0.29) is 12.0 Å². The molecule has 170 valence electrons. The SMILES string of the molecule is COc1ccc(CCNC(=O)C2(F)C(F)(F)C(F)(F)C(F)(F)C(F)(F)C2(F)F)cc1. The zero-order valence-electron chi connectivity index (χ0n) is 14.7. The van der Waals surface area contributed by atoms with Crippen molar-refractivity contribution in [3.05, 3.63) is 29.8 Å². The van der Waals surface area contributed by atoms with Crippen LogP contribution in [0.3, 0.4) is 0 Å². The zero-order valence-corrected chi connectivity index (χ0v) is 14.7. The molecular weight excluding hydrogens is 447 g/mol. The van der Waals surface area contributed by atoms with E-state index in [1.54, 1.807) is 0 Å². The number of amides is 1. The maximum Gasteiger partial charge on any atom is 0.384 e. The van der Waals surface area contributed by atoms with Crippen molar-refractivity contribution in [2.45, 2.75) is 41.7 Å². The summed E-state index contributed by atoms with van der Waals surface area (Å²) in [5.41, 5.74) is -6.39. The van der Waals surface area contributed by atoms with E-state index in [0.717, 1.165) is 5.32 Å². The van der Waals surface area contributed by atoms with Crippen LogP contribution in [0.4, 0.5) is 48.3 Å². The van der Waals surface area contributed by atoms with Gasteiger partial charge >= 0.3 is 35.3 Å². The smallest absolute Gasteiger partial charge is 0.384 e. The molecule has 1 amide bonds.